The van der Waals surface area contributed by atoms with E-state index in [1.807, 2.05) is 24.3 Å². The summed E-state index contributed by atoms with van der Waals surface area (Å²) < 4.78 is 0. The van der Waals surface area contributed by atoms with E-state index in [0.29, 0.717) is 11.1 Å². The fourth-order valence-corrected chi connectivity index (χ4v) is 6.50. The zero-order valence-corrected chi connectivity index (χ0v) is 23.3. The van der Waals surface area contributed by atoms with Gasteiger partial charge in [0, 0.05) is 22.2 Å². The SMILES string of the molecule is CC1(C)c2cc(C=C3C(=O)c4cc(Cl)c(Cl)cc4C3=O)ccc2N(c2ccccc2)c2ccc3ccccc3c21. The number of fused-ring (bicyclic) bond motifs is 5. The predicted octanol–water partition coefficient (Wildman–Crippen LogP) is 9.72. The summed E-state index contributed by atoms with van der Waals surface area (Å²) in [7, 11) is 0. The molecule has 2 aliphatic rings. The van der Waals surface area contributed by atoms with Crippen molar-refractivity contribution >= 4 is 68.7 Å². The molecule has 5 heteroatoms. The highest BCUT2D eigenvalue weighted by Gasteiger charge is 2.39. The van der Waals surface area contributed by atoms with Gasteiger partial charge in [0.25, 0.3) is 0 Å². The smallest absolute Gasteiger partial charge is 0.197 e. The molecule has 1 heterocycles. The summed E-state index contributed by atoms with van der Waals surface area (Å²) in [5, 5.41) is 2.89. The minimum Gasteiger partial charge on any atom is -0.310 e. The van der Waals surface area contributed by atoms with Gasteiger partial charge in [0.05, 0.1) is 27.0 Å². The summed E-state index contributed by atoms with van der Waals surface area (Å²) in [5.74, 6) is -0.671. The number of benzene rings is 5. The van der Waals surface area contributed by atoms with Gasteiger partial charge < -0.3 is 4.90 Å². The van der Waals surface area contributed by atoms with Gasteiger partial charge in [0.15, 0.2) is 11.6 Å². The number of ketones is 2. The molecule has 0 spiro atoms. The van der Waals surface area contributed by atoms with E-state index in [0.717, 1.165) is 28.2 Å². The van der Waals surface area contributed by atoms with Crippen LogP contribution in [0.3, 0.4) is 0 Å². The first kappa shape index (κ1) is 24.8. The molecule has 0 aromatic heterocycles. The molecule has 0 amide bonds. The Hall–Kier alpha value is -4.18. The van der Waals surface area contributed by atoms with Gasteiger partial charge >= 0.3 is 0 Å². The van der Waals surface area contributed by atoms with E-state index in [1.54, 1.807) is 6.08 Å². The van der Waals surface area contributed by atoms with Crippen LogP contribution in [0.5, 0.6) is 0 Å². The summed E-state index contributed by atoms with van der Waals surface area (Å²) in [6.07, 6.45) is 1.69. The third kappa shape index (κ3) is 3.58. The Balaban J connectivity index is 1.43. The number of carbonyl (C=O) groups excluding carboxylic acids is 2. The fraction of sp³-hybridized carbons (Fsp3) is 0.0857. The van der Waals surface area contributed by atoms with E-state index in [9.17, 15) is 9.59 Å². The largest absolute Gasteiger partial charge is 0.310 e. The zero-order valence-electron chi connectivity index (χ0n) is 21.8. The highest BCUT2D eigenvalue weighted by Crippen LogP contribution is 2.54. The molecule has 0 N–H and O–H groups in total. The molecule has 0 bridgehead atoms. The van der Waals surface area contributed by atoms with Crippen molar-refractivity contribution < 1.29 is 9.59 Å². The van der Waals surface area contributed by atoms with Gasteiger partial charge in [0.1, 0.15) is 0 Å². The first-order chi connectivity index (χ1) is 19.3. The fourth-order valence-electron chi connectivity index (χ4n) is 6.18. The molecule has 194 valence electrons. The Bertz CT molecular complexity index is 1900. The van der Waals surface area contributed by atoms with Crippen LogP contribution in [0.25, 0.3) is 16.8 Å². The molecule has 0 saturated carbocycles. The lowest BCUT2D eigenvalue weighted by Crippen LogP contribution is -2.31. The number of rotatable bonds is 2. The number of anilines is 3. The van der Waals surface area contributed by atoms with Crippen LogP contribution in [0, 0.1) is 0 Å². The highest BCUT2D eigenvalue weighted by atomic mass is 35.5. The maximum atomic E-state index is 13.2. The van der Waals surface area contributed by atoms with Crippen LogP contribution >= 0.6 is 23.2 Å². The van der Waals surface area contributed by atoms with Gasteiger partial charge in [-0.25, -0.2) is 0 Å². The Labute approximate surface area is 242 Å². The summed E-state index contributed by atoms with van der Waals surface area (Å²) in [5.41, 5.74) is 6.72. The van der Waals surface area contributed by atoms with Crippen molar-refractivity contribution in [3.8, 4) is 0 Å². The van der Waals surface area contributed by atoms with Gasteiger partial charge in [-0.3, -0.25) is 9.59 Å². The van der Waals surface area contributed by atoms with Crippen molar-refractivity contribution in [2.24, 2.45) is 0 Å². The first-order valence-electron chi connectivity index (χ1n) is 13.1. The molecule has 0 radical (unpaired) electrons. The number of hydrogen-bond acceptors (Lipinski definition) is 3. The van der Waals surface area contributed by atoms with Gasteiger partial charge in [-0.1, -0.05) is 91.6 Å². The molecule has 1 aliphatic carbocycles. The average molecular weight is 560 g/mol. The number of nitrogens with zero attached hydrogens (tertiary/aromatic N) is 1. The maximum Gasteiger partial charge on any atom is 0.197 e. The van der Waals surface area contributed by atoms with Crippen molar-refractivity contribution in [1.82, 2.24) is 0 Å². The van der Waals surface area contributed by atoms with Crippen molar-refractivity contribution in [1.29, 1.82) is 0 Å². The first-order valence-corrected chi connectivity index (χ1v) is 13.8. The van der Waals surface area contributed by atoms with Gasteiger partial charge in [-0.15, -0.1) is 0 Å². The van der Waals surface area contributed by atoms with Crippen LogP contribution in [-0.4, -0.2) is 11.6 Å². The number of allylic oxidation sites excluding steroid dienone is 1. The summed E-state index contributed by atoms with van der Waals surface area (Å²) in [4.78, 5) is 28.8. The number of carbonyl (C=O) groups is 2. The third-order valence-corrected chi connectivity index (χ3v) is 8.79. The number of Topliss-reactive ketones (excluding diaryl/α,β-unsaturated/α-hetero) is 2. The number of para-hydroxylation sites is 1. The molecule has 40 heavy (non-hydrogen) atoms. The average Bonchev–Trinajstić information content (AvgIpc) is 3.17. The molecular formula is C35H23Cl2NO2. The van der Waals surface area contributed by atoms with E-state index >= 15 is 0 Å². The van der Waals surface area contributed by atoms with Crippen molar-refractivity contribution in [2.45, 2.75) is 19.3 Å². The number of hydrogen-bond donors (Lipinski definition) is 0. The molecule has 7 rings (SSSR count). The highest BCUT2D eigenvalue weighted by molar-refractivity contribution is 6.46. The second-order valence-corrected chi connectivity index (χ2v) is 11.6. The Kier molecular flexibility index (Phi) is 5.54. The normalized spacial score (nSPS) is 15.2. The van der Waals surface area contributed by atoms with Crippen molar-refractivity contribution in [2.75, 3.05) is 4.90 Å². The van der Waals surface area contributed by atoms with Crippen LogP contribution in [-0.2, 0) is 5.41 Å². The predicted molar refractivity (Wildman–Crippen MR) is 164 cm³/mol. The number of halogens is 2. The lowest BCUT2D eigenvalue weighted by Gasteiger charge is -2.43. The van der Waals surface area contributed by atoms with E-state index < -0.39 is 0 Å². The summed E-state index contributed by atoms with van der Waals surface area (Å²) >= 11 is 12.3. The van der Waals surface area contributed by atoms with Crippen LogP contribution < -0.4 is 4.90 Å². The lowest BCUT2D eigenvalue weighted by molar-refractivity contribution is 0.0990. The van der Waals surface area contributed by atoms with E-state index in [-0.39, 0.29) is 32.6 Å². The van der Waals surface area contributed by atoms with E-state index in [2.05, 4.69) is 79.4 Å². The Morgan fingerprint density at radius 1 is 0.700 bits per heavy atom. The molecule has 0 unspecified atom stereocenters. The molecule has 0 fully saturated rings. The minimum absolute atomic E-state index is 0.118. The van der Waals surface area contributed by atoms with Crippen LogP contribution in [0.1, 0.15) is 51.3 Å². The standard InChI is InChI=1S/C35H23Cl2NO2/c1-35(2)27-17-20(16-26-33(39)24-18-28(36)29(37)19-25(24)34(26)40)12-14-30(27)38(22-9-4-3-5-10-22)31-15-13-21-8-6-7-11-23(21)32(31)35/h3-19H,1-2H3. The van der Waals surface area contributed by atoms with Crippen molar-refractivity contribution in [3.63, 3.8) is 0 Å². The Morgan fingerprint density at radius 3 is 2.02 bits per heavy atom. The molecular weight excluding hydrogens is 537 g/mol. The summed E-state index contributed by atoms with van der Waals surface area (Å²) in [6, 6.07) is 32.3. The maximum absolute atomic E-state index is 13.2. The van der Waals surface area contributed by atoms with Crippen LogP contribution in [0.4, 0.5) is 17.1 Å². The van der Waals surface area contributed by atoms with Gasteiger partial charge in [-0.05, 0) is 76.0 Å². The van der Waals surface area contributed by atoms with E-state index in [4.69, 9.17) is 23.2 Å². The van der Waals surface area contributed by atoms with Gasteiger partial charge in [-0.2, -0.15) is 0 Å². The summed E-state index contributed by atoms with van der Waals surface area (Å²) in [6.45, 7) is 4.48. The molecule has 3 nitrogen and oxygen atoms in total. The third-order valence-electron chi connectivity index (χ3n) is 8.07. The lowest BCUT2D eigenvalue weighted by atomic mass is 9.71. The second kappa shape index (κ2) is 8.92. The van der Waals surface area contributed by atoms with Crippen molar-refractivity contribution in [3.05, 3.63) is 140 Å². The second-order valence-electron chi connectivity index (χ2n) is 10.8. The quantitative estimate of drug-likeness (QED) is 0.159. The monoisotopic (exact) mass is 559 g/mol. The molecule has 5 aromatic carbocycles. The molecule has 0 atom stereocenters. The molecule has 1 aliphatic heterocycles. The zero-order chi connectivity index (χ0) is 27.8. The Morgan fingerprint density at radius 2 is 1.32 bits per heavy atom. The van der Waals surface area contributed by atoms with Crippen LogP contribution in [0.15, 0.2) is 103 Å². The minimum atomic E-state index is -0.362. The van der Waals surface area contributed by atoms with E-state index in [1.165, 1.54) is 28.5 Å². The topological polar surface area (TPSA) is 37.4 Å². The van der Waals surface area contributed by atoms with Crippen LogP contribution in [0.2, 0.25) is 10.0 Å². The molecule has 5 aromatic rings. The molecule has 0 saturated heterocycles. The van der Waals surface area contributed by atoms with Gasteiger partial charge in [0.2, 0.25) is 0 Å².